The fraction of sp³-hybridized carbons (Fsp3) is 0.478. The second kappa shape index (κ2) is 17.1. The molecule has 334 valence electrons. The third kappa shape index (κ3) is 7.77. The lowest BCUT2D eigenvalue weighted by molar-refractivity contribution is -0.00676. The average molecular weight is 901 g/mol. The summed E-state index contributed by atoms with van der Waals surface area (Å²) in [6, 6.07) is 4.65. The Morgan fingerprint density at radius 3 is 1.81 bits per heavy atom. The fourth-order valence-electron chi connectivity index (χ4n) is 9.04. The van der Waals surface area contributed by atoms with Crippen molar-refractivity contribution in [3.05, 3.63) is 60.4 Å². The number of fused-ring (bicyclic) bond motifs is 2. The molecule has 2 aliphatic carbocycles. The Morgan fingerprint density at radius 1 is 0.703 bits per heavy atom. The van der Waals surface area contributed by atoms with E-state index in [1.165, 1.54) is 0 Å². The highest BCUT2D eigenvalue weighted by atomic mass is 32.1. The summed E-state index contributed by atoms with van der Waals surface area (Å²) >= 11 is 3.30. The van der Waals surface area contributed by atoms with Crippen molar-refractivity contribution in [3.63, 3.8) is 0 Å². The van der Waals surface area contributed by atoms with E-state index < -0.39 is 0 Å². The lowest BCUT2D eigenvalue weighted by Crippen LogP contribution is -2.44. The van der Waals surface area contributed by atoms with Crippen LogP contribution in [0.25, 0.3) is 64.9 Å². The molecule has 64 heavy (non-hydrogen) atoms. The zero-order valence-electron chi connectivity index (χ0n) is 37.9. The van der Waals surface area contributed by atoms with Gasteiger partial charge in [-0.2, -0.15) is 10.2 Å². The molecular formula is C46H56N14O2S2. The number of anilines is 2. The molecular weight excluding hydrogens is 845 g/mol. The maximum absolute atomic E-state index is 5.83. The predicted octanol–water partition coefficient (Wildman–Crippen LogP) is 9.21. The van der Waals surface area contributed by atoms with E-state index in [0.717, 1.165) is 96.6 Å². The van der Waals surface area contributed by atoms with Crippen LogP contribution in [0.15, 0.2) is 49.3 Å². The number of ether oxygens (including phenoxy) is 2. The summed E-state index contributed by atoms with van der Waals surface area (Å²) in [4.78, 5) is 34.5. The van der Waals surface area contributed by atoms with Crippen LogP contribution in [0, 0.1) is 25.7 Å². The van der Waals surface area contributed by atoms with Gasteiger partial charge in [0.1, 0.15) is 32.7 Å². The fourth-order valence-corrected chi connectivity index (χ4v) is 11.3. The molecule has 18 heteroatoms. The number of methoxy groups -OCH3 is 2. The number of aryl methyl sites for hydroxylation is 3. The molecule has 0 radical (unpaired) electrons. The summed E-state index contributed by atoms with van der Waals surface area (Å²) in [7, 11) is 5.57. The van der Waals surface area contributed by atoms with E-state index >= 15 is 0 Å². The smallest absolute Gasteiger partial charge is 0.199 e. The number of nitrogens with one attached hydrogen (secondary N) is 2. The highest BCUT2D eigenvalue weighted by molar-refractivity contribution is 7.22. The molecule has 2 aliphatic rings. The molecule has 16 nitrogen and oxygen atoms in total. The summed E-state index contributed by atoms with van der Waals surface area (Å²) < 4.78 is 19.6. The Morgan fingerprint density at radius 2 is 1.25 bits per heavy atom. The van der Waals surface area contributed by atoms with Crippen LogP contribution in [-0.2, 0) is 23.1 Å². The summed E-state index contributed by atoms with van der Waals surface area (Å²) in [5, 5.41) is 19.7. The van der Waals surface area contributed by atoms with Crippen molar-refractivity contribution in [1.29, 1.82) is 0 Å². The molecule has 2 saturated carbocycles. The second-order valence-corrected chi connectivity index (χ2v) is 20.0. The van der Waals surface area contributed by atoms with E-state index in [0.29, 0.717) is 47.8 Å². The Labute approximate surface area is 380 Å². The van der Waals surface area contributed by atoms with Crippen molar-refractivity contribution >= 4 is 54.7 Å². The molecule has 0 aromatic carbocycles. The van der Waals surface area contributed by atoms with Crippen LogP contribution in [0.4, 0.5) is 11.6 Å². The summed E-state index contributed by atoms with van der Waals surface area (Å²) in [5.41, 5.74) is 4.09. The summed E-state index contributed by atoms with van der Waals surface area (Å²) in [6.07, 6.45) is 16.1. The monoisotopic (exact) mass is 900 g/mol. The molecule has 0 saturated heterocycles. The molecule has 8 aromatic heterocycles. The second-order valence-electron chi connectivity index (χ2n) is 18.0. The zero-order chi connectivity index (χ0) is 44.4. The van der Waals surface area contributed by atoms with Crippen molar-refractivity contribution in [2.24, 2.45) is 18.9 Å². The van der Waals surface area contributed by atoms with E-state index in [1.54, 1.807) is 43.1 Å². The van der Waals surface area contributed by atoms with E-state index in [1.807, 2.05) is 52.0 Å². The molecule has 1 atom stereocenters. The minimum absolute atomic E-state index is 0.0464. The van der Waals surface area contributed by atoms with Gasteiger partial charge in [0.05, 0.1) is 32.7 Å². The maximum atomic E-state index is 5.83. The average Bonchev–Trinajstić information content (AvgIpc) is 4.10. The molecule has 2 N–H and O–H groups in total. The molecule has 8 heterocycles. The Kier molecular flexibility index (Phi) is 11.3. The van der Waals surface area contributed by atoms with Crippen molar-refractivity contribution in [2.75, 3.05) is 31.4 Å². The molecule has 8 aromatic rings. The Hall–Kier alpha value is -5.56. The number of hydrogen-bond acceptors (Lipinski definition) is 14. The number of hydrogen-bond donors (Lipinski definition) is 2. The third-order valence-corrected chi connectivity index (χ3v) is 15.5. The van der Waals surface area contributed by atoms with Gasteiger partial charge < -0.3 is 29.2 Å². The van der Waals surface area contributed by atoms with Crippen molar-refractivity contribution in [3.8, 4) is 44.4 Å². The van der Waals surface area contributed by atoms with Gasteiger partial charge in [-0.05, 0) is 102 Å². The quantitative estimate of drug-likeness (QED) is 0.0946. The molecule has 10 rings (SSSR count). The van der Waals surface area contributed by atoms with Gasteiger partial charge >= 0.3 is 0 Å². The van der Waals surface area contributed by atoms with E-state index in [-0.39, 0.29) is 24.2 Å². The molecule has 0 bridgehead atoms. The van der Waals surface area contributed by atoms with Gasteiger partial charge in [0, 0.05) is 89.7 Å². The van der Waals surface area contributed by atoms with E-state index in [9.17, 15) is 0 Å². The first-order valence-corrected chi connectivity index (χ1v) is 23.9. The molecule has 1 unspecified atom stereocenters. The summed E-state index contributed by atoms with van der Waals surface area (Å²) in [5.74, 6) is 4.95. The van der Waals surface area contributed by atoms with Gasteiger partial charge in [0.25, 0.3) is 0 Å². The van der Waals surface area contributed by atoms with E-state index in [4.69, 9.17) is 44.6 Å². The van der Waals surface area contributed by atoms with Crippen LogP contribution >= 0.6 is 22.7 Å². The number of thiophene rings is 2. The maximum Gasteiger partial charge on any atom is 0.199 e. The van der Waals surface area contributed by atoms with Crippen LogP contribution < -0.4 is 10.6 Å². The molecule has 0 spiro atoms. The van der Waals surface area contributed by atoms with Crippen LogP contribution in [-0.4, -0.2) is 97.6 Å². The van der Waals surface area contributed by atoms with Gasteiger partial charge in [0.15, 0.2) is 23.3 Å². The number of imidazole rings is 2. The minimum atomic E-state index is -0.0464. The Balaban J connectivity index is 1.03. The molecule has 2 fully saturated rings. The SMILES string of the molecule is CO[C@H]1C[C@@H](CNc2nc(-c3nccn3CC(Nc3nc(-c4nccn4C)nc4sc(-c5ccn(C(C)C)n5)c(C)c34)[C@H]3C[C@H](OC)C3)nc3sc(-c4ccn(C(C)C)n4)c(C)c23)C1. The normalized spacial score (nSPS) is 19.2. The van der Waals surface area contributed by atoms with Crippen LogP contribution in [0.5, 0.6) is 0 Å². The lowest BCUT2D eigenvalue weighted by Gasteiger charge is -2.40. The van der Waals surface area contributed by atoms with Gasteiger partial charge in [-0.25, -0.2) is 29.9 Å². The first-order valence-electron chi connectivity index (χ1n) is 22.2. The first-order chi connectivity index (χ1) is 31.0. The highest BCUT2D eigenvalue weighted by Crippen LogP contribution is 2.44. The van der Waals surface area contributed by atoms with Gasteiger partial charge in [-0.15, -0.1) is 22.7 Å². The minimum Gasteiger partial charge on any atom is -0.381 e. The number of aromatic nitrogens is 12. The number of rotatable bonds is 16. The largest absolute Gasteiger partial charge is 0.381 e. The van der Waals surface area contributed by atoms with E-state index in [2.05, 4.69) is 73.9 Å². The van der Waals surface area contributed by atoms with Gasteiger partial charge in [0.2, 0.25) is 0 Å². The first kappa shape index (κ1) is 42.4. The zero-order valence-corrected chi connectivity index (χ0v) is 39.5. The summed E-state index contributed by atoms with van der Waals surface area (Å²) in [6.45, 7) is 14.3. The number of nitrogens with zero attached hydrogens (tertiary/aromatic N) is 12. The molecule has 0 amide bonds. The molecule has 0 aliphatic heterocycles. The highest BCUT2D eigenvalue weighted by Gasteiger charge is 2.37. The standard InChI is InChI=1S/C46H56N14O2S2/c1-24(2)59-14-10-32(55-59)37-26(5)35-39(49-22-28-18-30(19-28)61-8)51-42(54-45(35)63-37)44-48-13-17-58(44)23-34(29-20-31(21-29)62-9)50-40-36-27(6)38(33-11-15-60(56-33)25(3)4)64-46(36)53-41(52-40)43-47-12-16-57(43)7/h10-17,24-25,28-31,34H,18-23H2,1-9H3,(H,49,51,54)(H,50,52,53)/t28-,29-,30+,31-,34?. The van der Waals surface area contributed by atoms with Crippen molar-refractivity contribution < 1.29 is 9.47 Å². The van der Waals surface area contributed by atoms with Crippen molar-refractivity contribution in [2.45, 2.75) is 104 Å². The van der Waals surface area contributed by atoms with Crippen LogP contribution in [0.1, 0.15) is 76.6 Å². The lowest BCUT2D eigenvalue weighted by atomic mass is 9.77. The third-order valence-electron chi connectivity index (χ3n) is 13.1. The topological polar surface area (TPSA) is 165 Å². The van der Waals surface area contributed by atoms with Crippen molar-refractivity contribution in [1.82, 2.24) is 58.6 Å². The van der Waals surface area contributed by atoms with Gasteiger partial charge in [-0.3, -0.25) is 9.36 Å². The Bertz CT molecular complexity index is 2940. The van der Waals surface area contributed by atoms with Crippen LogP contribution in [0.3, 0.4) is 0 Å². The van der Waals surface area contributed by atoms with Crippen LogP contribution in [0.2, 0.25) is 0 Å². The van der Waals surface area contributed by atoms with Gasteiger partial charge in [-0.1, -0.05) is 0 Å². The predicted molar refractivity (Wildman–Crippen MR) is 254 cm³/mol.